The van der Waals surface area contributed by atoms with Gasteiger partial charge in [0.05, 0.1) is 10.7 Å². The van der Waals surface area contributed by atoms with Crippen molar-refractivity contribution in [1.82, 2.24) is 10.3 Å². The summed E-state index contributed by atoms with van der Waals surface area (Å²) in [6.07, 6.45) is 3.57. The summed E-state index contributed by atoms with van der Waals surface area (Å²) in [5, 5.41) is 4.88. The molecule has 0 spiro atoms. The van der Waals surface area contributed by atoms with E-state index >= 15 is 0 Å². The van der Waals surface area contributed by atoms with Crippen molar-refractivity contribution in [3.63, 3.8) is 0 Å². The molecule has 0 saturated carbocycles. The van der Waals surface area contributed by atoms with Crippen LogP contribution in [-0.2, 0) is 6.42 Å². The average molecular weight is 238 g/mol. The van der Waals surface area contributed by atoms with E-state index in [1.165, 1.54) is 28.4 Å². The van der Waals surface area contributed by atoms with Gasteiger partial charge in [-0.1, -0.05) is 20.8 Å². The van der Waals surface area contributed by atoms with E-state index in [0.29, 0.717) is 11.5 Å². The summed E-state index contributed by atoms with van der Waals surface area (Å²) in [7, 11) is 0. The summed E-state index contributed by atoms with van der Waals surface area (Å²) >= 11 is 1.88. The van der Waals surface area contributed by atoms with Gasteiger partial charge in [-0.25, -0.2) is 4.98 Å². The van der Waals surface area contributed by atoms with Gasteiger partial charge in [0.15, 0.2) is 0 Å². The van der Waals surface area contributed by atoms with E-state index in [0.717, 1.165) is 13.0 Å². The second-order valence-electron chi connectivity index (χ2n) is 5.60. The molecule has 1 N–H and O–H groups in total. The highest BCUT2D eigenvalue weighted by Gasteiger charge is 2.34. The van der Waals surface area contributed by atoms with Gasteiger partial charge in [-0.15, -0.1) is 11.3 Å². The fourth-order valence-electron chi connectivity index (χ4n) is 2.54. The predicted molar refractivity (Wildman–Crippen MR) is 70.0 cm³/mol. The van der Waals surface area contributed by atoms with E-state index in [2.05, 4.69) is 38.0 Å². The highest BCUT2D eigenvalue weighted by molar-refractivity contribution is 7.11. The minimum absolute atomic E-state index is 0.388. The molecule has 2 rings (SSSR count). The number of rotatable bonds is 3. The molecule has 1 unspecified atom stereocenters. The molecule has 1 heterocycles. The quantitative estimate of drug-likeness (QED) is 0.872. The zero-order valence-corrected chi connectivity index (χ0v) is 11.6. The Kier molecular flexibility index (Phi) is 3.36. The van der Waals surface area contributed by atoms with Crippen molar-refractivity contribution in [2.45, 2.75) is 53.0 Å². The number of fused-ring (bicyclic) bond motifs is 1. The molecule has 1 aromatic rings. The SMILES string of the molecule is CCCNC1CC(C)(C)Cc2nc(C)sc21. The van der Waals surface area contributed by atoms with Crippen molar-refractivity contribution in [1.29, 1.82) is 0 Å². The fraction of sp³-hybridized carbons (Fsp3) is 0.769. The molecule has 0 aromatic carbocycles. The number of hydrogen-bond acceptors (Lipinski definition) is 3. The van der Waals surface area contributed by atoms with Gasteiger partial charge >= 0.3 is 0 Å². The second kappa shape index (κ2) is 4.46. The lowest BCUT2D eigenvalue weighted by molar-refractivity contribution is 0.258. The number of thiazole rings is 1. The van der Waals surface area contributed by atoms with Gasteiger partial charge in [0.25, 0.3) is 0 Å². The first-order valence-corrected chi connectivity index (χ1v) is 7.03. The molecule has 16 heavy (non-hydrogen) atoms. The van der Waals surface area contributed by atoms with E-state index in [9.17, 15) is 0 Å². The van der Waals surface area contributed by atoms with Crippen LogP contribution in [0.3, 0.4) is 0 Å². The standard InChI is InChI=1S/C13H22N2S/c1-5-6-14-10-7-13(3,4)8-11-12(10)16-9(2)15-11/h10,14H,5-8H2,1-4H3. The molecular weight excluding hydrogens is 216 g/mol. The molecule has 0 saturated heterocycles. The Bertz CT molecular complexity index is 368. The van der Waals surface area contributed by atoms with Gasteiger partial charge in [-0.3, -0.25) is 0 Å². The van der Waals surface area contributed by atoms with E-state index in [1.54, 1.807) is 0 Å². The Morgan fingerprint density at radius 3 is 2.94 bits per heavy atom. The molecule has 1 aromatic heterocycles. The fourth-order valence-corrected chi connectivity index (χ4v) is 3.56. The van der Waals surface area contributed by atoms with Gasteiger partial charge in [0, 0.05) is 10.9 Å². The molecule has 1 aliphatic carbocycles. The minimum atomic E-state index is 0.388. The summed E-state index contributed by atoms with van der Waals surface area (Å²) in [5.41, 5.74) is 1.73. The summed E-state index contributed by atoms with van der Waals surface area (Å²) in [5.74, 6) is 0. The van der Waals surface area contributed by atoms with Crippen LogP contribution in [0.2, 0.25) is 0 Å². The Hall–Kier alpha value is -0.410. The molecule has 2 nitrogen and oxygen atoms in total. The Balaban J connectivity index is 2.24. The maximum Gasteiger partial charge on any atom is 0.0900 e. The third kappa shape index (κ3) is 2.46. The molecule has 0 radical (unpaired) electrons. The van der Waals surface area contributed by atoms with Gasteiger partial charge in [-0.2, -0.15) is 0 Å². The van der Waals surface area contributed by atoms with Gasteiger partial charge < -0.3 is 5.32 Å². The van der Waals surface area contributed by atoms with Gasteiger partial charge in [0.1, 0.15) is 0 Å². The summed E-state index contributed by atoms with van der Waals surface area (Å²) < 4.78 is 0. The van der Waals surface area contributed by atoms with E-state index in [4.69, 9.17) is 0 Å². The molecular formula is C13H22N2S. The first kappa shape index (κ1) is 12.1. The highest BCUT2D eigenvalue weighted by Crippen LogP contribution is 2.42. The van der Waals surface area contributed by atoms with Crippen LogP contribution in [0.15, 0.2) is 0 Å². The maximum atomic E-state index is 4.68. The predicted octanol–water partition coefficient (Wildman–Crippen LogP) is 3.46. The van der Waals surface area contributed by atoms with Crippen LogP contribution >= 0.6 is 11.3 Å². The van der Waals surface area contributed by atoms with E-state index < -0.39 is 0 Å². The molecule has 0 fully saturated rings. The molecule has 3 heteroatoms. The summed E-state index contributed by atoms with van der Waals surface area (Å²) in [4.78, 5) is 6.17. The van der Waals surface area contributed by atoms with Crippen molar-refractivity contribution < 1.29 is 0 Å². The molecule has 0 bridgehead atoms. The zero-order valence-electron chi connectivity index (χ0n) is 10.8. The smallest absolute Gasteiger partial charge is 0.0900 e. The Labute approximate surface area is 102 Å². The second-order valence-corrected chi connectivity index (χ2v) is 6.83. The lowest BCUT2D eigenvalue weighted by Gasteiger charge is -2.34. The van der Waals surface area contributed by atoms with Crippen LogP contribution in [0.4, 0.5) is 0 Å². The number of aromatic nitrogens is 1. The molecule has 90 valence electrons. The summed E-state index contributed by atoms with van der Waals surface area (Å²) in [6, 6.07) is 0.532. The largest absolute Gasteiger partial charge is 0.309 e. The number of aryl methyl sites for hydroxylation is 1. The lowest BCUT2D eigenvalue weighted by Crippen LogP contribution is -2.33. The number of nitrogens with one attached hydrogen (secondary N) is 1. The monoisotopic (exact) mass is 238 g/mol. The van der Waals surface area contributed by atoms with Crippen LogP contribution in [-0.4, -0.2) is 11.5 Å². The molecule has 1 aliphatic rings. The van der Waals surface area contributed by atoms with E-state index in [-0.39, 0.29) is 0 Å². The number of hydrogen-bond donors (Lipinski definition) is 1. The third-order valence-electron chi connectivity index (χ3n) is 3.19. The van der Waals surface area contributed by atoms with Gasteiger partial charge in [-0.05, 0) is 38.1 Å². The van der Waals surface area contributed by atoms with Crippen LogP contribution in [0.25, 0.3) is 0 Å². The molecule has 1 atom stereocenters. The average Bonchev–Trinajstić information content (AvgIpc) is 2.53. The minimum Gasteiger partial charge on any atom is -0.309 e. The van der Waals surface area contributed by atoms with E-state index in [1.807, 2.05) is 11.3 Å². The highest BCUT2D eigenvalue weighted by atomic mass is 32.1. The normalized spacial score (nSPS) is 23.1. The van der Waals surface area contributed by atoms with Crippen molar-refractivity contribution in [3.05, 3.63) is 15.6 Å². The van der Waals surface area contributed by atoms with Crippen LogP contribution in [0.1, 0.15) is 55.2 Å². The molecule has 0 amide bonds. The van der Waals surface area contributed by atoms with Crippen molar-refractivity contribution in [2.75, 3.05) is 6.54 Å². The first-order chi connectivity index (χ1) is 7.52. The van der Waals surface area contributed by atoms with Crippen molar-refractivity contribution in [2.24, 2.45) is 5.41 Å². The van der Waals surface area contributed by atoms with Gasteiger partial charge in [0.2, 0.25) is 0 Å². The molecule has 0 aliphatic heterocycles. The van der Waals surface area contributed by atoms with Crippen molar-refractivity contribution >= 4 is 11.3 Å². The Morgan fingerprint density at radius 2 is 2.25 bits per heavy atom. The van der Waals surface area contributed by atoms with Crippen LogP contribution in [0.5, 0.6) is 0 Å². The number of nitrogens with zero attached hydrogens (tertiary/aromatic N) is 1. The zero-order chi connectivity index (χ0) is 11.8. The van der Waals surface area contributed by atoms with Crippen LogP contribution < -0.4 is 5.32 Å². The van der Waals surface area contributed by atoms with Crippen LogP contribution in [0, 0.1) is 12.3 Å². The topological polar surface area (TPSA) is 24.9 Å². The first-order valence-electron chi connectivity index (χ1n) is 6.21. The van der Waals surface area contributed by atoms with Crippen molar-refractivity contribution in [3.8, 4) is 0 Å². The lowest BCUT2D eigenvalue weighted by atomic mass is 9.76. The Morgan fingerprint density at radius 1 is 1.50 bits per heavy atom. The summed E-state index contributed by atoms with van der Waals surface area (Å²) in [6.45, 7) is 10.2. The third-order valence-corrected chi connectivity index (χ3v) is 4.32. The maximum absolute atomic E-state index is 4.68.